The van der Waals surface area contributed by atoms with Crippen LogP contribution in [0.15, 0.2) is 16.9 Å². The number of nitrogens with one attached hydrogen (secondary N) is 1. The molecule has 1 aromatic rings. The maximum absolute atomic E-state index is 13.1. The van der Waals surface area contributed by atoms with Gasteiger partial charge in [-0.3, -0.25) is 14.4 Å². The number of nitrogens with zero attached hydrogens (tertiary/aromatic N) is 3. The molecule has 3 atom stereocenters. The topological polar surface area (TPSA) is 93.5 Å². The molecular weight excluding hydrogens is 348 g/mol. The van der Waals surface area contributed by atoms with Crippen molar-refractivity contribution in [2.75, 3.05) is 13.7 Å². The van der Waals surface area contributed by atoms with Crippen LogP contribution in [0, 0.1) is 5.92 Å². The number of methoxy groups -OCH3 is 1. The molecule has 1 aliphatic carbocycles. The Bertz CT molecular complexity index is 790. The van der Waals surface area contributed by atoms with Crippen LogP contribution in [-0.4, -0.2) is 57.8 Å². The number of likely N-dealkylation sites (tertiary alicyclic amines) is 1. The van der Waals surface area contributed by atoms with Crippen LogP contribution in [0.2, 0.25) is 0 Å². The van der Waals surface area contributed by atoms with Gasteiger partial charge < -0.3 is 15.0 Å². The third-order valence-corrected chi connectivity index (χ3v) is 5.90. The van der Waals surface area contributed by atoms with Crippen molar-refractivity contribution in [2.45, 2.75) is 57.2 Å². The standard InChI is InChI=1S/C19H28N4O4/c1-12(2)17(25)20-13-7-8-19(27-4)9-10-23(15(19)11-13)18(26)14-5-6-16(24)22(3)21-14/h5-6,12-13,15H,7-11H2,1-4H3,(H,20,25)/t13-,15+,19-/m1/s1. The number of fused-ring (bicyclic) bond motifs is 1. The third-order valence-electron chi connectivity index (χ3n) is 5.90. The van der Waals surface area contributed by atoms with Gasteiger partial charge >= 0.3 is 0 Å². The molecule has 8 nitrogen and oxygen atoms in total. The highest BCUT2D eigenvalue weighted by atomic mass is 16.5. The molecule has 1 aromatic heterocycles. The number of hydrogen-bond donors (Lipinski definition) is 1. The van der Waals surface area contributed by atoms with Crippen LogP contribution >= 0.6 is 0 Å². The molecule has 1 aliphatic heterocycles. The van der Waals surface area contributed by atoms with Crippen molar-refractivity contribution >= 4 is 11.8 Å². The Labute approximate surface area is 158 Å². The van der Waals surface area contributed by atoms with Crippen LogP contribution < -0.4 is 10.9 Å². The summed E-state index contributed by atoms with van der Waals surface area (Å²) in [7, 11) is 3.22. The Morgan fingerprint density at radius 1 is 1.33 bits per heavy atom. The molecule has 0 bridgehead atoms. The second-order valence-electron chi connectivity index (χ2n) is 7.85. The fraction of sp³-hybridized carbons (Fsp3) is 0.684. The molecule has 1 N–H and O–H groups in total. The van der Waals surface area contributed by atoms with Crippen molar-refractivity contribution in [1.82, 2.24) is 20.0 Å². The molecule has 1 saturated carbocycles. The highest BCUT2D eigenvalue weighted by molar-refractivity contribution is 5.92. The van der Waals surface area contributed by atoms with Crippen molar-refractivity contribution in [2.24, 2.45) is 13.0 Å². The summed E-state index contributed by atoms with van der Waals surface area (Å²) in [6.45, 7) is 4.31. The minimum absolute atomic E-state index is 0.0228. The zero-order chi connectivity index (χ0) is 19.8. The summed E-state index contributed by atoms with van der Waals surface area (Å²) >= 11 is 0. The van der Waals surface area contributed by atoms with Crippen molar-refractivity contribution in [3.63, 3.8) is 0 Å². The molecule has 2 amide bonds. The summed E-state index contributed by atoms with van der Waals surface area (Å²) in [5, 5.41) is 7.19. The lowest BCUT2D eigenvalue weighted by atomic mass is 9.78. The van der Waals surface area contributed by atoms with Crippen LogP contribution in [0.1, 0.15) is 50.0 Å². The molecule has 2 fully saturated rings. The minimum atomic E-state index is -0.380. The normalized spacial score (nSPS) is 27.5. The first-order valence-corrected chi connectivity index (χ1v) is 9.48. The molecule has 0 radical (unpaired) electrons. The summed E-state index contributed by atoms with van der Waals surface area (Å²) in [6.07, 6.45) is 3.05. The number of hydrogen-bond acceptors (Lipinski definition) is 5. The van der Waals surface area contributed by atoms with Crippen LogP contribution in [0.5, 0.6) is 0 Å². The van der Waals surface area contributed by atoms with E-state index in [1.807, 2.05) is 13.8 Å². The first-order valence-electron chi connectivity index (χ1n) is 9.48. The van der Waals surface area contributed by atoms with Crippen LogP contribution in [0.4, 0.5) is 0 Å². The van der Waals surface area contributed by atoms with E-state index < -0.39 is 0 Å². The first kappa shape index (κ1) is 19.5. The zero-order valence-corrected chi connectivity index (χ0v) is 16.4. The Balaban J connectivity index is 1.82. The number of aromatic nitrogens is 2. The van der Waals surface area contributed by atoms with Gasteiger partial charge in [-0.05, 0) is 31.7 Å². The Hall–Kier alpha value is -2.22. The average Bonchev–Trinajstić information content (AvgIpc) is 3.02. The molecule has 148 valence electrons. The number of aryl methyl sites for hydroxylation is 1. The smallest absolute Gasteiger partial charge is 0.274 e. The molecule has 3 rings (SSSR count). The van der Waals surface area contributed by atoms with Gasteiger partial charge in [-0.2, -0.15) is 5.10 Å². The van der Waals surface area contributed by atoms with Gasteiger partial charge in [-0.15, -0.1) is 0 Å². The van der Waals surface area contributed by atoms with Gasteiger partial charge in [0.05, 0.1) is 11.6 Å². The molecule has 2 aliphatic rings. The number of carbonyl (C=O) groups is 2. The fourth-order valence-corrected chi connectivity index (χ4v) is 4.20. The third kappa shape index (κ3) is 3.63. The summed E-state index contributed by atoms with van der Waals surface area (Å²) in [5.74, 6) is -0.249. The molecule has 0 aromatic carbocycles. The molecule has 1 saturated heterocycles. The second kappa shape index (κ2) is 7.42. The Morgan fingerprint density at radius 3 is 2.70 bits per heavy atom. The lowest BCUT2D eigenvalue weighted by Gasteiger charge is -2.43. The summed E-state index contributed by atoms with van der Waals surface area (Å²) in [5.41, 5.74) is -0.388. The lowest BCUT2D eigenvalue weighted by molar-refractivity contribution is -0.126. The Kier molecular flexibility index (Phi) is 5.37. The van der Waals surface area contributed by atoms with Gasteiger partial charge in [-0.1, -0.05) is 13.8 Å². The first-order chi connectivity index (χ1) is 12.8. The molecule has 0 unspecified atom stereocenters. The van der Waals surface area contributed by atoms with E-state index in [1.165, 1.54) is 23.9 Å². The predicted molar refractivity (Wildman–Crippen MR) is 99.3 cm³/mol. The minimum Gasteiger partial charge on any atom is -0.376 e. The van der Waals surface area contributed by atoms with E-state index in [-0.39, 0.29) is 46.7 Å². The maximum atomic E-state index is 13.1. The molecule has 27 heavy (non-hydrogen) atoms. The maximum Gasteiger partial charge on any atom is 0.274 e. The van der Waals surface area contributed by atoms with Crippen molar-refractivity contribution in [3.05, 3.63) is 28.2 Å². The van der Waals surface area contributed by atoms with E-state index in [2.05, 4.69) is 10.4 Å². The van der Waals surface area contributed by atoms with E-state index in [4.69, 9.17) is 4.74 Å². The second-order valence-corrected chi connectivity index (χ2v) is 7.85. The van der Waals surface area contributed by atoms with E-state index in [0.29, 0.717) is 13.0 Å². The molecule has 8 heteroatoms. The van der Waals surface area contributed by atoms with Gasteiger partial charge in [0.15, 0.2) is 0 Å². The number of carbonyl (C=O) groups excluding carboxylic acids is 2. The zero-order valence-electron chi connectivity index (χ0n) is 16.4. The average molecular weight is 376 g/mol. The van der Waals surface area contributed by atoms with E-state index >= 15 is 0 Å². The van der Waals surface area contributed by atoms with Crippen molar-refractivity contribution in [3.8, 4) is 0 Å². The number of amides is 2. The summed E-state index contributed by atoms with van der Waals surface area (Å²) in [6, 6.07) is 2.72. The summed E-state index contributed by atoms with van der Waals surface area (Å²) in [4.78, 5) is 38.5. The van der Waals surface area contributed by atoms with Crippen LogP contribution in [0.25, 0.3) is 0 Å². The largest absolute Gasteiger partial charge is 0.376 e. The Morgan fingerprint density at radius 2 is 2.07 bits per heavy atom. The lowest BCUT2D eigenvalue weighted by Crippen LogP contribution is -2.56. The SMILES string of the molecule is CO[C@@]12CC[C@@H](NC(=O)C(C)C)C[C@@H]1N(C(=O)c1ccc(=O)n(C)n1)CC2. The van der Waals surface area contributed by atoms with Crippen molar-refractivity contribution < 1.29 is 14.3 Å². The highest BCUT2D eigenvalue weighted by Gasteiger charge is 2.53. The molecular formula is C19H28N4O4. The van der Waals surface area contributed by atoms with Gasteiger partial charge in [0.1, 0.15) is 5.69 Å². The van der Waals surface area contributed by atoms with Gasteiger partial charge in [0, 0.05) is 38.7 Å². The molecule has 0 spiro atoms. The van der Waals surface area contributed by atoms with Crippen LogP contribution in [-0.2, 0) is 16.6 Å². The van der Waals surface area contributed by atoms with Gasteiger partial charge in [-0.25, -0.2) is 4.68 Å². The number of rotatable bonds is 4. The number of ether oxygens (including phenoxy) is 1. The van der Waals surface area contributed by atoms with Crippen LogP contribution in [0.3, 0.4) is 0 Å². The van der Waals surface area contributed by atoms with Crippen molar-refractivity contribution in [1.29, 1.82) is 0 Å². The van der Waals surface area contributed by atoms with Gasteiger partial charge in [0.25, 0.3) is 11.5 Å². The van der Waals surface area contributed by atoms with E-state index in [9.17, 15) is 14.4 Å². The quantitative estimate of drug-likeness (QED) is 0.835. The predicted octanol–water partition coefficient (Wildman–Crippen LogP) is 0.705. The fourth-order valence-electron chi connectivity index (χ4n) is 4.20. The van der Waals surface area contributed by atoms with Gasteiger partial charge in [0.2, 0.25) is 5.91 Å². The van der Waals surface area contributed by atoms with E-state index in [0.717, 1.165) is 19.3 Å². The van der Waals surface area contributed by atoms with E-state index in [1.54, 1.807) is 12.0 Å². The summed E-state index contributed by atoms with van der Waals surface area (Å²) < 4.78 is 7.05. The molecule has 2 heterocycles. The monoisotopic (exact) mass is 376 g/mol. The highest BCUT2D eigenvalue weighted by Crippen LogP contribution is 2.42.